The molecule has 6 rings (SSSR count). The van der Waals surface area contributed by atoms with Crippen LogP contribution >= 0.6 is 0 Å². The van der Waals surface area contributed by atoms with Gasteiger partial charge < -0.3 is 20.0 Å². The molecule has 2 aliphatic heterocycles. The highest BCUT2D eigenvalue weighted by molar-refractivity contribution is 5.97. The fourth-order valence-corrected chi connectivity index (χ4v) is 5.45. The molecule has 0 unspecified atom stereocenters. The van der Waals surface area contributed by atoms with Gasteiger partial charge in [0.25, 0.3) is 5.91 Å². The molecule has 10 nitrogen and oxygen atoms in total. The molecule has 4 aromatic rings. The lowest BCUT2D eigenvalue weighted by atomic mass is 9.74. The highest BCUT2D eigenvalue weighted by Crippen LogP contribution is 2.47. The van der Waals surface area contributed by atoms with Crippen LogP contribution in [0.2, 0.25) is 0 Å². The molecular formula is C29H27N7O3. The molecule has 0 saturated carbocycles. The normalized spacial score (nSPS) is 15.6. The first-order valence-corrected chi connectivity index (χ1v) is 12.9. The number of nitrogens with one attached hydrogen (secondary N) is 1. The van der Waals surface area contributed by atoms with Gasteiger partial charge in [0.15, 0.2) is 17.3 Å². The fraction of sp³-hybridized carbons (Fsp3) is 0.276. The van der Waals surface area contributed by atoms with E-state index in [4.69, 9.17) is 10.2 Å². The Morgan fingerprint density at radius 2 is 1.87 bits per heavy atom. The molecule has 0 atom stereocenters. The lowest BCUT2D eigenvalue weighted by molar-refractivity contribution is -0.118. The second-order valence-electron chi connectivity index (χ2n) is 9.91. The van der Waals surface area contributed by atoms with E-state index in [1.807, 2.05) is 52.3 Å². The molecule has 0 bridgehead atoms. The molecule has 0 aliphatic carbocycles. The number of rotatable bonds is 4. The second kappa shape index (κ2) is 10.2. The summed E-state index contributed by atoms with van der Waals surface area (Å²) in [7, 11) is 0. The Labute approximate surface area is 225 Å². The van der Waals surface area contributed by atoms with Crippen LogP contribution in [0.3, 0.4) is 0 Å². The van der Waals surface area contributed by atoms with Gasteiger partial charge in [-0.2, -0.15) is 0 Å². The third-order valence-corrected chi connectivity index (χ3v) is 7.56. The Balaban J connectivity index is 1.18. The van der Waals surface area contributed by atoms with Crippen molar-refractivity contribution in [3.05, 3.63) is 94.7 Å². The average molecular weight is 522 g/mol. The third-order valence-electron chi connectivity index (χ3n) is 7.56. The predicted molar refractivity (Wildman–Crippen MR) is 143 cm³/mol. The van der Waals surface area contributed by atoms with Crippen molar-refractivity contribution in [2.45, 2.75) is 31.2 Å². The summed E-state index contributed by atoms with van der Waals surface area (Å²) >= 11 is 0. The summed E-state index contributed by atoms with van der Waals surface area (Å²) < 4.78 is 5.77. The van der Waals surface area contributed by atoms with Gasteiger partial charge in [0.2, 0.25) is 5.91 Å². The molecule has 1 spiro atoms. The first-order valence-electron chi connectivity index (χ1n) is 12.9. The highest BCUT2D eigenvalue weighted by Gasteiger charge is 2.47. The lowest BCUT2D eigenvalue weighted by Gasteiger charge is -2.39. The van der Waals surface area contributed by atoms with Crippen LogP contribution in [0.1, 0.15) is 51.7 Å². The van der Waals surface area contributed by atoms with Gasteiger partial charge in [-0.15, -0.1) is 5.10 Å². The summed E-state index contributed by atoms with van der Waals surface area (Å²) in [5.74, 6) is 6.95. The van der Waals surface area contributed by atoms with Crippen molar-refractivity contribution in [2.75, 3.05) is 24.5 Å². The standard InChI is InChI=1S/C29H27N7O3/c30-18-21-7-10-24-23(16-21)29(19-36(24)27(37)17-26-31-33-34-32-26)12-14-35(15-13-29)28(38)25-11-9-22(39-25)8-6-20-4-2-1-3-5-20/h1-5,7,9-11,16H,12-15,17-19,30H2,(H,31,32,33,34). The van der Waals surface area contributed by atoms with E-state index in [2.05, 4.69) is 38.5 Å². The van der Waals surface area contributed by atoms with E-state index >= 15 is 0 Å². The first-order chi connectivity index (χ1) is 19.0. The Bertz CT molecular complexity index is 1560. The van der Waals surface area contributed by atoms with Crippen LogP contribution in [0.25, 0.3) is 0 Å². The van der Waals surface area contributed by atoms with Crippen molar-refractivity contribution in [2.24, 2.45) is 5.73 Å². The Hall–Kier alpha value is -4.75. The summed E-state index contributed by atoms with van der Waals surface area (Å²) in [6.45, 7) is 2.05. The van der Waals surface area contributed by atoms with Crippen LogP contribution < -0.4 is 10.6 Å². The molecule has 1 fully saturated rings. The zero-order chi connectivity index (χ0) is 26.8. The van der Waals surface area contributed by atoms with Crippen LogP contribution in [0.5, 0.6) is 0 Å². The van der Waals surface area contributed by atoms with E-state index in [9.17, 15) is 9.59 Å². The maximum absolute atomic E-state index is 13.3. The number of anilines is 1. The van der Waals surface area contributed by atoms with Gasteiger partial charge in [0, 0.05) is 42.8 Å². The van der Waals surface area contributed by atoms with E-state index < -0.39 is 0 Å². The number of likely N-dealkylation sites (tertiary alicyclic amines) is 1. The number of fused-ring (bicyclic) bond motifs is 2. The minimum absolute atomic E-state index is 0.0783. The number of hydrogen-bond donors (Lipinski definition) is 2. The Morgan fingerprint density at radius 1 is 1.05 bits per heavy atom. The van der Waals surface area contributed by atoms with Crippen molar-refractivity contribution >= 4 is 17.5 Å². The summed E-state index contributed by atoms with van der Waals surface area (Å²) in [6, 6.07) is 19.1. The number of aromatic nitrogens is 4. The number of furan rings is 1. The molecule has 10 heteroatoms. The van der Waals surface area contributed by atoms with Crippen molar-refractivity contribution in [1.82, 2.24) is 25.5 Å². The second-order valence-corrected chi connectivity index (χ2v) is 9.91. The summed E-state index contributed by atoms with van der Waals surface area (Å²) in [4.78, 5) is 30.2. The molecule has 2 aromatic heterocycles. The number of piperidine rings is 1. The highest BCUT2D eigenvalue weighted by atomic mass is 16.3. The van der Waals surface area contributed by atoms with Gasteiger partial charge >= 0.3 is 0 Å². The number of aromatic amines is 1. The van der Waals surface area contributed by atoms with Crippen molar-refractivity contribution < 1.29 is 14.0 Å². The van der Waals surface area contributed by atoms with Crippen LogP contribution in [-0.2, 0) is 23.2 Å². The van der Waals surface area contributed by atoms with Crippen LogP contribution in [0, 0.1) is 11.8 Å². The van der Waals surface area contributed by atoms with Gasteiger partial charge in [0.1, 0.15) is 0 Å². The average Bonchev–Trinajstić information content (AvgIpc) is 3.73. The maximum atomic E-state index is 13.3. The van der Waals surface area contributed by atoms with Crippen LogP contribution in [0.15, 0.2) is 65.1 Å². The van der Waals surface area contributed by atoms with E-state index in [1.165, 1.54) is 0 Å². The number of carbonyl (C=O) groups is 2. The zero-order valence-corrected chi connectivity index (χ0v) is 21.3. The Kier molecular flexibility index (Phi) is 6.42. The molecule has 4 heterocycles. The van der Waals surface area contributed by atoms with E-state index in [0.717, 1.165) is 35.2 Å². The number of nitrogens with two attached hydrogens (primary N) is 1. The van der Waals surface area contributed by atoms with Gasteiger partial charge in [-0.1, -0.05) is 36.3 Å². The van der Waals surface area contributed by atoms with Gasteiger partial charge in [-0.3, -0.25) is 9.59 Å². The summed E-state index contributed by atoms with van der Waals surface area (Å²) in [5, 5.41) is 13.7. The SMILES string of the molecule is NCc1ccc2c(c1)C1(CCN(C(=O)c3ccc(C#Cc4ccccc4)o3)CC1)CN2C(=O)Cc1nnn[nH]1. The predicted octanol–water partition coefficient (Wildman–Crippen LogP) is 2.41. The summed E-state index contributed by atoms with van der Waals surface area (Å²) in [6.07, 6.45) is 1.52. The number of nitrogens with zero attached hydrogens (tertiary/aromatic N) is 5. The minimum atomic E-state index is -0.262. The lowest BCUT2D eigenvalue weighted by Crippen LogP contribution is -2.48. The number of tetrazole rings is 1. The fourth-order valence-electron chi connectivity index (χ4n) is 5.45. The smallest absolute Gasteiger partial charge is 0.289 e. The van der Waals surface area contributed by atoms with Crippen molar-refractivity contribution in [3.8, 4) is 11.8 Å². The van der Waals surface area contributed by atoms with E-state index in [-0.39, 0.29) is 29.4 Å². The topological polar surface area (TPSA) is 134 Å². The van der Waals surface area contributed by atoms with Crippen molar-refractivity contribution in [3.63, 3.8) is 0 Å². The first kappa shape index (κ1) is 24.6. The number of benzene rings is 2. The largest absolute Gasteiger partial charge is 0.443 e. The molecule has 39 heavy (non-hydrogen) atoms. The molecule has 0 radical (unpaired) electrons. The zero-order valence-electron chi connectivity index (χ0n) is 21.3. The van der Waals surface area contributed by atoms with Crippen molar-refractivity contribution in [1.29, 1.82) is 0 Å². The Morgan fingerprint density at radius 3 is 2.62 bits per heavy atom. The maximum Gasteiger partial charge on any atom is 0.289 e. The monoisotopic (exact) mass is 521 g/mol. The minimum Gasteiger partial charge on any atom is -0.443 e. The third kappa shape index (κ3) is 4.80. The number of H-pyrrole nitrogens is 1. The molecule has 1 saturated heterocycles. The van der Waals surface area contributed by atoms with E-state index in [1.54, 1.807) is 12.1 Å². The number of amides is 2. The van der Waals surface area contributed by atoms with Crippen LogP contribution in [0.4, 0.5) is 5.69 Å². The van der Waals surface area contributed by atoms with Gasteiger partial charge in [-0.25, -0.2) is 5.10 Å². The quantitative estimate of drug-likeness (QED) is 0.394. The molecule has 3 N–H and O–H groups in total. The molecule has 2 amide bonds. The van der Waals surface area contributed by atoms with Gasteiger partial charge in [0.05, 0.1) is 6.42 Å². The summed E-state index contributed by atoms with van der Waals surface area (Å²) in [5.41, 5.74) is 9.57. The molecular weight excluding hydrogens is 494 g/mol. The van der Waals surface area contributed by atoms with E-state index in [0.29, 0.717) is 37.8 Å². The molecule has 2 aliphatic rings. The number of carbonyl (C=O) groups excluding carboxylic acids is 2. The van der Waals surface area contributed by atoms with Crippen LogP contribution in [-0.4, -0.2) is 57.0 Å². The molecule has 2 aromatic carbocycles. The van der Waals surface area contributed by atoms with Gasteiger partial charge in [-0.05, 0) is 70.6 Å². The number of hydrogen-bond acceptors (Lipinski definition) is 7. The molecule has 196 valence electrons.